The van der Waals surface area contributed by atoms with Crippen LogP contribution in [0, 0.1) is 474 Å². The molecular weight excluding hydrogens is 2170 g/mol. The average Bonchev–Trinajstić information content (AvgIpc) is 1.41. The molecule has 27 heavy (non-hydrogen) atoms. The van der Waals surface area contributed by atoms with Gasteiger partial charge in [0.2, 0.25) is 0 Å². The minimum Gasteiger partial charge on any atom is -0.894 e. The van der Waals surface area contributed by atoms with Crippen molar-refractivity contribution in [2.75, 3.05) is 0 Å². The molecule has 0 heterocycles. The van der Waals surface area contributed by atoms with E-state index in [0.717, 1.165) is 0 Å². The molecule has 0 unspecified atom stereocenters. The van der Waals surface area contributed by atoms with Gasteiger partial charge in [0.1, 0.15) is 0 Å². The van der Waals surface area contributed by atoms with Gasteiger partial charge in [-0.3, -0.25) is 0 Å². The van der Waals surface area contributed by atoms with Crippen LogP contribution >= 0.6 is 0 Å². The topological polar surface area (TPSA) is 277 Å². The monoisotopic (exact) mass is 2170 g/mol. The van der Waals surface area contributed by atoms with Crippen molar-refractivity contribution < 1.29 is 532 Å². The summed E-state index contributed by atoms with van der Waals surface area (Å²) in [4.78, 5) is 103. The number of hydrogen-bond acceptors (Lipinski definition) is 12. The maximum absolute atomic E-state index is 8.58. The van der Waals surface area contributed by atoms with Crippen molar-refractivity contribution in [3.8, 4) is 0 Å². The molecule has 0 aromatic carbocycles. The zero-order valence-electron chi connectivity index (χ0n) is 10.8. The summed E-state index contributed by atoms with van der Waals surface area (Å²) < 4.78 is 0. The van der Waals surface area contributed by atoms with Crippen molar-refractivity contribution in [2.45, 2.75) is 0 Å². The van der Waals surface area contributed by atoms with Gasteiger partial charge in [0.05, 0.1) is 0 Å². The Morgan fingerprint density at radius 3 is 0.259 bits per heavy atom. The summed E-state index contributed by atoms with van der Waals surface area (Å²) in [5, 5.41) is 0. The number of rotatable bonds is 0. The van der Waals surface area contributed by atoms with Gasteiger partial charge in [0, 0.05) is 307 Å². The fourth-order valence-corrected chi connectivity index (χ4v) is 0. The Labute approximate surface area is 539 Å². The Bertz CT molecular complexity index is 132. The van der Waals surface area contributed by atoms with Crippen LogP contribution in [0.25, 0.3) is 0 Å². The molecule has 0 saturated carbocycles. The fraction of sp³-hybridized carbons (Fsp3) is 0. The van der Waals surface area contributed by atoms with Crippen molar-refractivity contribution in [3.05, 3.63) is 0 Å². The molecule has 0 N–H and O–H groups in total. The van der Waals surface area contributed by atoms with Crippen molar-refractivity contribution >= 4 is 27.1 Å². The summed E-state index contributed by atoms with van der Waals surface area (Å²) in [5.74, 6) is 0. The zero-order valence-corrected chi connectivity index (χ0v) is 42.1. The third-order valence-corrected chi connectivity index (χ3v) is 0. The van der Waals surface area contributed by atoms with Gasteiger partial charge in [0.25, 0.3) is 0 Å². The smallest absolute Gasteiger partial charge is 0.894 e. The van der Waals surface area contributed by atoms with Gasteiger partial charge in [-0.05, 0) is 0 Å². The van der Waals surface area contributed by atoms with E-state index >= 15 is 0 Å². The van der Waals surface area contributed by atoms with Crippen LogP contribution in [-0.2, 0) is 0 Å². The molecule has 0 fully saturated rings. The molecule has 0 aliphatic heterocycles. The Morgan fingerprint density at radius 1 is 0.259 bits per heavy atom. The molecular formula is Ce4Gd4Lu4O12Si3. The van der Waals surface area contributed by atoms with Crippen LogP contribution in [0.3, 0.4) is 0 Å². The molecule has 192 valence electrons. The first kappa shape index (κ1) is 96.8. The Balaban J connectivity index is -0.00000000503. The van der Waals surface area contributed by atoms with E-state index in [-0.39, 0.29) is 474 Å². The maximum Gasteiger partial charge on any atom is 3.00 e. The summed E-state index contributed by atoms with van der Waals surface area (Å²) in [6.45, 7) is 0. The molecule has 27 heteroatoms. The normalized spacial score (nSPS) is 6.67. The Morgan fingerprint density at radius 2 is 0.259 bits per heavy atom. The summed E-state index contributed by atoms with van der Waals surface area (Å²) >= 11 is 0. The second kappa shape index (κ2) is 61.0. The van der Waals surface area contributed by atoms with E-state index < -0.39 is 27.1 Å². The van der Waals surface area contributed by atoms with Gasteiger partial charge in [0.15, 0.2) is 0 Å². The van der Waals surface area contributed by atoms with E-state index in [4.69, 9.17) is 57.5 Å². The summed E-state index contributed by atoms with van der Waals surface area (Å²) in [5.41, 5.74) is 0. The second-order valence-electron chi connectivity index (χ2n) is 1.50. The maximum atomic E-state index is 8.58. The first-order valence-corrected chi connectivity index (χ1v) is 7.35. The van der Waals surface area contributed by atoms with Crippen molar-refractivity contribution in [1.29, 1.82) is 0 Å². The van der Waals surface area contributed by atoms with E-state index in [1.54, 1.807) is 0 Å². The molecule has 0 rings (SSSR count). The van der Waals surface area contributed by atoms with Crippen LogP contribution in [0.1, 0.15) is 0 Å². The van der Waals surface area contributed by atoms with E-state index in [2.05, 4.69) is 0 Å². The van der Waals surface area contributed by atoms with E-state index in [1.165, 1.54) is 0 Å². The second-order valence-corrected chi connectivity index (χ2v) is 4.50. The van der Waals surface area contributed by atoms with Gasteiger partial charge in [-0.1, -0.05) is 0 Å². The first-order chi connectivity index (χ1) is 6.00. The van der Waals surface area contributed by atoms with Crippen molar-refractivity contribution in [3.63, 3.8) is 0 Å². The molecule has 0 spiro atoms. The fourth-order valence-electron chi connectivity index (χ4n) is 0. The van der Waals surface area contributed by atoms with Crippen molar-refractivity contribution in [2.24, 2.45) is 0 Å². The van der Waals surface area contributed by atoms with Crippen LogP contribution < -0.4 is 57.5 Å². The summed E-state index contributed by atoms with van der Waals surface area (Å²) in [7, 11) is -16.8. The zero-order chi connectivity index (χ0) is 13.5. The van der Waals surface area contributed by atoms with Crippen LogP contribution in [0.4, 0.5) is 0 Å². The summed E-state index contributed by atoms with van der Waals surface area (Å²) in [6.07, 6.45) is 0. The van der Waals surface area contributed by atoms with Crippen LogP contribution in [-0.4, -0.2) is 27.1 Å². The molecule has 0 bridgehead atoms. The standard InChI is InChI=1S/4Ce.4Gd.4Lu.3O4Si/c;;;;;;;;;;;;3*1-5(2,3)4/q4*+3;;;;;;;;;3*-4. The average molecular weight is 2170 g/mol. The first-order valence-electron chi connectivity index (χ1n) is 2.45. The van der Waals surface area contributed by atoms with Crippen LogP contribution in [0.2, 0.25) is 0 Å². The van der Waals surface area contributed by atoms with E-state index in [0.29, 0.717) is 0 Å². The SMILES string of the molecule is [Ce+3].[Ce+3].[Ce+3].[Ce+3].[Gd].[Gd].[Gd].[Gd].[Lu].[Lu].[Lu].[Lu].[O-][Si]([O-])([O-])[O-].[O-][Si]([O-])([O-])[O-].[O-][Si]([O-])([O-])[O-]. The van der Waals surface area contributed by atoms with Gasteiger partial charge >= 0.3 is 167 Å². The predicted octanol–water partition coefficient (Wildman–Crippen LogP) is -15.4. The number of hydrogen-bond donors (Lipinski definition) is 0. The predicted molar refractivity (Wildman–Crippen MR) is 17.3 cm³/mol. The van der Waals surface area contributed by atoms with Gasteiger partial charge in [-0.15, -0.1) is 0 Å². The minimum absolute atomic E-state index is 0. The quantitative estimate of drug-likeness (QED) is 0.205. The third kappa shape index (κ3) is 264. The molecule has 0 aliphatic rings. The molecule has 8 radical (unpaired) electrons. The largest absolute Gasteiger partial charge is 3.00 e. The van der Waals surface area contributed by atoms with Crippen LogP contribution in [0.15, 0.2) is 0 Å². The van der Waals surface area contributed by atoms with E-state index in [9.17, 15) is 0 Å². The minimum atomic E-state index is -5.61. The van der Waals surface area contributed by atoms with Gasteiger partial charge in [-0.25, -0.2) is 0 Å². The molecule has 0 aromatic heterocycles. The van der Waals surface area contributed by atoms with Gasteiger partial charge < -0.3 is 84.7 Å². The summed E-state index contributed by atoms with van der Waals surface area (Å²) in [6, 6.07) is 0. The third-order valence-electron chi connectivity index (χ3n) is 0. The molecule has 0 amide bonds. The van der Waals surface area contributed by atoms with Gasteiger partial charge in [-0.2, -0.15) is 0 Å². The Kier molecular flexibility index (Phi) is 219. The van der Waals surface area contributed by atoms with E-state index in [1.807, 2.05) is 0 Å². The molecule has 0 aliphatic carbocycles. The molecule has 0 aromatic rings. The molecule has 0 atom stereocenters. The molecule has 0 saturated heterocycles. The van der Waals surface area contributed by atoms with Crippen molar-refractivity contribution in [1.82, 2.24) is 0 Å². The van der Waals surface area contributed by atoms with Crippen LogP contribution in [0.5, 0.6) is 0 Å². The Hall–Kier alpha value is 15.9. The molecule has 12 nitrogen and oxygen atoms in total.